The molecule has 4 heteroatoms. The van der Waals surface area contributed by atoms with Crippen molar-refractivity contribution in [1.29, 1.82) is 0 Å². The van der Waals surface area contributed by atoms with E-state index in [4.69, 9.17) is 0 Å². The van der Waals surface area contributed by atoms with E-state index in [0.29, 0.717) is 0 Å². The van der Waals surface area contributed by atoms with E-state index < -0.39 is 0 Å². The van der Waals surface area contributed by atoms with Gasteiger partial charge in [0.2, 0.25) is 0 Å². The van der Waals surface area contributed by atoms with Gasteiger partial charge in [0, 0.05) is 72.2 Å². The Hall–Kier alpha value is -4.18. The summed E-state index contributed by atoms with van der Waals surface area (Å²) < 4.78 is 9.70. The number of benzene rings is 1. The van der Waals surface area contributed by atoms with Crippen LogP contribution >= 0.6 is 0 Å². The molecule has 5 aromatic rings. The summed E-state index contributed by atoms with van der Waals surface area (Å²) in [5.41, 5.74) is 15.8. The van der Waals surface area contributed by atoms with Crippen LogP contribution in [0.25, 0.3) is 44.5 Å². The highest BCUT2D eigenvalue weighted by Gasteiger charge is 2.25. The van der Waals surface area contributed by atoms with Gasteiger partial charge in [-0.25, -0.2) is 18.3 Å². The standard InChI is InChI=1S/C50H70N4/c1-9-13-17-25-51-29-21-39(5)47(35-51)43-33-45(49-37-53(27-19-15-11-3)31-23-41(49)7)46(50-38-54(28-20-16-12-4)32-24-42(50)8)34-44(43)48-36-52(26-18-14-10-2)30-22-40(48)6/h21-24,29-38H,9-20,25-28H2,1-8H3/q+4. The molecule has 4 heterocycles. The van der Waals surface area contributed by atoms with Crippen molar-refractivity contribution in [1.82, 2.24) is 0 Å². The Balaban J connectivity index is 1.84. The fraction of sp³-hybridized carbons (Fsp3) is 0.480. The van der Waals surface area contributed by atoms with Gasteiger partial charge in [0.1, 0.15) is 26.2 Å². The zero-order valence-corrected chi connectivity index (χ0v) is 35.2. The average Bonchev–Trinajstić information content (AvgIpc) is 3.17. The summed E-state index contributed by atoms with van der Waals surface area (Å²) in [5.74, 6) is 0. The number of hydrogen-bond donors (Lipinski definition) is 0. The number of nitrogens with zero attached hydrogens (tertiary/aromatic N) is 4. The number of unbranched alkanes of at least 4 members (excludes halogenated alkanes) is 8. The van der Waals surface area contributed by atoms with E-state index in [9.17, 15) is 0 Å². The number of rotatable bonds is 20. The molecule has 4 nitrogen and oxygen atoms in total. The van der Waals surface area contributed by atoms with E-state index in [2.05, 4.69) is 160 Å². The molecule has 0 fully saturated rings. The lowest BCUT2D eigenvalue weighted by atomic mass is 9.83. The number of pyridine rings is 4. The minimum absolute atomic E-state index is 1.04. The number of hydrogen-bond acceptors (Lipinski definition) is 0. The van der Waals surface area contributed by atoms with E-state index in [1.807, 2.05) is 0 Å². The van der Waals surface area contributed by atoms with Crippen LogP contribution in [-0.4, -0.2) is 0 Å². The van der Waals surface area contributed by atoms with Crippen LogP contribution in [0.1, 0.15) is 127 Å². The van der Waals surface area contributed by atoms with E-state index >= 15 is 0 Å². The Kier molecular flexibility index (Phi) is 15.6. The topological polar surface area (TPSA) is 15.5 Å². The molecule has 5 rings (SSSR count). The fourth-order valence-corrected chi connectivity index (χ4v) is 7.78. The van der Waals surface area contributed by atoms with Crippen LogP contribution in [0.15, 0.2) is 86.0 Å². The third-order valence-corrected chi connectivity index (χ3v) is 11.3. The normalized spacial score (nSPS) is 11.4. The first-order valence-corrected chi connectivity index (χ1v) is 21.5. The van der Waals surface area contributed by atoms with E-state index in [1.54, 1.807) is 0 Å². The Bertz CT molecular complexity index is 1690. The highest BCUT2D eigenvalue weighted by molar-refractivity contribution is 5.96. The summed E-state index contributed by atoms with van der Waals surface area (Å²) in [4.78, 5) is 0. The van der Waals surface area contributed by atoms with Crippen molar-refractivity contribution in [3.63, 3.8) is 0 Å². The molecule has 0 aliphatic heterocycles. The van der Waals surface area contributed by atoms with Crippen LogP contribution in [-0.2, 0) is 26.2 Å². The summed E-state index contributed by atoms with van der Waals surface area (Å²) in [5, 5.41) is 0. The third-order valence-electron chi connectivity index (χ3n) is 11.3. The van der Waals surface area contributed by atoms with Gasteiger partial charge in [0.15, 0.2) is 49.6 Å². The van der Waals surface area contributed by atoms with Crippen LogP contribution in [0.2, 0.25) is 0 Å². The molecule has 0 saturated carbocycles. The number of aromatic nitrogens is 4. The van der Waals surface area contributed by atoms with E-state index in [1.165, 1.54) is 144 Å². The molecule has 0 bridgehead atoms. The van der Waals surface area contributed by atoms with Crippen LogP contribution in [0, 0.1) is 27.7 Å². The molecule has 0 N–H and O–H groups in total. The molecule has 286 valence electrons. The second kappa shape index (κ2) is 20.5. The molecule has 0 radical (unpaired) electrons. The lowest BCUT2D eigenvalue weighted by Crippen LogP contribution is -2.34. The summed E-state index contributed by atoms with van der Waals surface area (Å²) in [6.07, 6.45) is 33.6. The van der Waals surface area contributed by atoms with Gasteiger partial charge in [-0.1, -0.05) is 53.4 Å². The molecule has 1 aromatic carbocycles. The number of aryl methyl sites for hydroxylation is 8. The monoisotopic (exact) mass is 727 g/mol. The second-order valence-electron chi connectivity index (χ2n) is 15.9. The molecular weight excluding hydrogens is 657 g/mol. The first-order chi connectivity index (χ1) is 26.3. The first-order valence-electron chi connectivity index (χ1n) is 21.5. The molecule has 0 unspecified atom stereocenters. The Labute approximate surface area is 328 Å². The molecule has 0 amide bonds. The summed E-state index contributed by atoms with van der Waals surface area (Å²) in [6.45, 7) is 22.5. The van der Waals surface area contributed by atoms with Crippen molar-refractivity contribution in [3.8, 4) is 44.5 Å². The van der Waals surface area contributed by atoms with E-state index in [0.717, 1.165) is 26.2 Å². The molecule has 0 atom stereocenters. The fourth-order valence-electron chi connectivity index (χ4n) is 7.78. The lowest BCUT2D eigenvalue weighted by Gasteiger charge is -2.20. The predicted octanol–water partition coefficient (Wildman–Crippen LogP) is 11.5. The van der Waals surface area contributed by atoms with E-state index in [-0.39, 0.29) is 0 Å². The van der Waals surface area contributed by atoms with Crippen LogP contribution in [0.3, 0.4) is 0 Å². The second-order valence-corrected chi connectivity index (χ2v) is 15.9. The van der Waals surface area contributed by atoms with Crippen LogP contribution in [0.5, 0.6) is 0 Å². The summed E-state index contributed by atoms with van der Waals surface area (Å²) >= 11 is 0. The Morgan fingerprint density at radius 1 is 0.315 bits per heavy atom. The van der Waals surface area contributed by atoms with Gasteiger partial charge in [-0.2, -0.15) is 0 Å². The maximum absolute atomic E-state index is 2.56. The smallest absolute Gasteiger partial charge is 0.176 e. The molecule has 0 aliphatic carbocycles. The zero-order chi connectivity index (χ0) is 38.5. The Morgan fingerprint density at radius 3 is 0.741 bits per heavy atom. The summed E-state index contributed by atoms with van der Waals surface area (Å²) in [6, 6.07) is 14.4. The van der Waals surface area contributed by atoms with Gasteiger partial charge in [-0.15, -0.1) is 0 Å². The quantitative estimate of drug-likeness (QED) is 0.0561. The van der Waals surface area contributed by atoms with Gasteiger partial charge >= 0.3 is 0 Å². The average molecular weight is 727 g/mol. The van der Waals surface area contributed by atoms with Gasteiger partial charge in [-0.3, -0.25) is 0 Å². The van der Waals surface area contributed by atoms with Crippen molar-refractivity contribution >= 4 is 0 Å². The van der Waals surface area contributed by atoms with Gasteiger partial charge in [0.25, 0.3) is 0 Å². The minimum Gasteiger partial charge on any atom is -0.205 e. The zero-order valence-electron chi connectivity index (χ0n) is 35.2. The molecule has 0 spiro atoms. The van der Waals surface area contributed by atoms with Gasteiger partial charge in [-0.05, 0) is 110 Å². The lowest BCUT2D eigenvalue weighted by molar-refractivity contribution is -0.697. The summed E-state index contributed by atoms with van der Waals surface area (Å²) in [7, 11) is 0. The van der Waals surface area contributed by atoms with Crippen molar-refractivity contribution < 1.29 is 18.3 Å². The van der Waals surface area contributed by atoms with Gasteiger partial charge in [0.05, 0.1) is 0 Å². The minimum atomic E-state index is 1.04. The molecule has 54 heavy (non-hydrogen) atoms. The maximum Gasteiger partial charge on any atom is 0.176 e. The van der Waals surface area contributed by atoms with Crippen molar-refractivity contribution in [3.05, 3.63) is 108 Å². The van der Waals surface area contributed by atoms with Gasteiger partial charge < -0.3 is 0 Å². The van der Waals surface area contributed by atoms with Crippen molar-refractivity contribution in [2.24, 2.45) is 0 Å². The largest absolute Gasteiger partial charge is 0.205 e. The SMILES string of the molecule is CCCCC[n+]1ccc(C)c(-c2cc(-c3c[n+](CCCCC)ccc3C)c(-c3c[n+](CCCCC)ccc3C)cc2-c2c[n+](CCCCC)ccc2C)c1. The molecule has 4 aromatic heterocycles. The molecule has 0 saturated heterocycles. The van der Waals surface area contributed by atoms with Crippen LogP contribution in [0.4, 0.5) is 0 Å². The molecule has 0 aliphatic rings. The predicted molar refractivity (Wildman–Crippen MR) is 226 cm³/mol. The Morgan fingerprint density at radius 2 is 0.537 bits per heavy atom. The highest BCUT2D eigenvalue weighted by atomic mass is 14.9. The highest BCUT2D eigenvalue weighted by Crippen LogP contribution is 2.44. The van der Waals surface area contributed by atoms with Crippen LogP contribution < -0.4 is 18.3 Å². The van der Waals surface area contributed by atoms with Crippen molar-refractivity contribution in [2.75, 3.05) is 0 Å². The molecular formula is C50H70N4+4. The van der Waals surface area contributed by atoms with Crippen molar-refractivity contribution in [2.45, 2.75) is 159 Å². The maximum atomic E-state index is 2.56. The first kappa shape index (κ1) is 41.0. The third kappa shape index (κ3) is 10.5.